The Balaban J connectivity index is 1.54. The quantitative estimate of drug-likeness (QED) is 0.622. The number of carboxylic acid groups (broad SMARTS) is 1. The van der Waals surface area contributed by atoms with Crippen LogP contribution in [0.4, 0.5) is 0 Å². The number of amides is 2. The van der Waals surface area contributed by atoms with Crippen LogP contribution in [0, 0.1) is 11.8 Å². The second-order valence-electron chi connectivity index (χ2n) is 9.28. The highest BCUT2D eigenvalue weighted by atomic mass is 16.4. The summed E-state index contributed by atoms with van der Waals surface area (Å²) in [5.41, 5.74) is 2.31. The average molecular weight is 452 g/mol. The van der Waals surface area contributed by atoms with E-state index < -0.39 is 29.9 Å². The SMILES string of the molecule is CC(C)C(NC(=O)c1ccccc1)C(=O)N[C@H]1CCc2ccn3c2C1C(=O)C[C@H](C(=O)O)C3. The van der Waals surface area contributed by atoms with Crippen LogP contribution in [0.2, 0.25) is 0 Å². The Kier molecular flexibility index (Phi) is 6.35. The maximum Gasteiger partial charge on any atom is 0.308 e. The van der Waals surface area contributed by atoms with Gasteiger partial charge in [0.15, 0.2) is 0 Å². The van der Waals surface area contributed by atoms with Gasteiger partial charge in [0.1, 0.15) is 11.8 Å². The number of aliphatic carboxylic acids is 1. The van der Waals surface area contributed by atoms with E-state index in [9.17, 15) is 24.3 Å². The fourth-order valence-electron chi connectivity index (χ4n) is 4.94. The Labute approximate surface area is 192 Å². The summed E-state index contributed by atoms with van der Waals surface area (Å²) >= 11 is 0. The third kappa shape index (κ3) is 4.55. The van der Waals surface area contributed by atoms with Crippen LogP contribution in [-0.2, 0) is 27.3 Å². The van der Waals surface area contributed by atoms with Gasteiger partial charge in [-0.25, -0.2) is 0 Å². The van der Waals surface area contributed by atoms with Crippen molar-refractivity contribution < 1.29 is 24.3 Å². The van der Waals surface area contributed by atoms with Gasteiger partial charge in [0.2, 0.25) is 5.91 Å². The lowest BCUT2D eigenvalue weighted by molar-refractivity contribution is -0.144. The van der Waals surface area contributed by atoms with Gasteiger partial charge in [-0.3, -0.25) is 19.2 Å². The number of aromatic nitrogens is 1. The van der Waals surface area contributed by atoms with Crippen molar-refractivity contribution in [3.63, 3.8) is 0 Å². The number of nitrogens with zero attached hydrogens (tertiary/aromatic N) is 1. The minimum absolute atomic E-state index is 0.0636. The molecule has 3 N–H and O–H groups in total. The molecule has 33 heavy (non-hydrogen) atoms. The highest BCUT2D eigenvalue weighted by molar-refractivity contribution is 5.98. The van der Waals surface area contributed by atoms with Gasteiger partial charge in [0, 0.05) is 36.5 Å². The molecule has 2 amide bonds. The third-order valence-electron chi connectivity index (χ3n) is 6.68. The van der Waals surface area contributed by atoms with Crippen LogP contribution < -0.4 is 10.6 Å². The number of nitrogens with one attached hydrogen (secondary N) is 2. The van der Waals surface area contributed by atoms with Crippen LogP contribution in [0.3, 0.4) is 0 Å². The number of hydrogen-bond acceptors (Lipinski definition) is 4. The lowest BCUT2D eigenvalue weighted by Gasteiger charge is -2.33. The molecule has 0 fully saturated rings. The molecule has 0 bridgehead atoms. The molecule has 8 heteroatoms. The molecule has 2 unspecified atom stereocenters. The van der Waals surface area contributed by atoms with E-state index in [0.717, 1.165) is 11.3 Å². The predicted molar refractivity (Wildman–Crippen MR) is 121 cm³/mol. The van der Waals surface area contributed by atoms with E-state index in [1.807, 2.05) is 36.7 Å². The Morgan fingerprint density at radius 3 is 2.52 bits per heavy atom. The maximum absolute atomic E-state index is 13.3. The molecule has 8 nitrogen and oxygen atoms in total. The van der Waals surface area contributed by atoms with Gasteiger partial charge in [-0.05, 0) is 42.5 Å². The van der Waals surface area contributed by atoms with Crippen molar-refractivity contribution in [1.29, 1.82) is 0 Å². The average Bonchev–Trinajstić information content (AvgIpc) is 3.12. The van der Waals surface area contributed by atoms with E-state index in [0.29, 0.717) is 18.4 Å². The minimum Gasteiger partial charge on any atom is -0.481 e. The topological polar surface area (TPSA) is 118 Å². The van der Waals surface area contributed by atoms with E-state index in [2.05, 4.69) is 10.6 Å². The molecule has 2 aliphatic rings. The van der Waals surface area contributed by atoms with Gasteiger partial charge in [-0.15, -0.1) is 0 Å². The molecule has 1 aliphatic carbocycles. The van der Waals surface area contributed by atoms with Gasteiger partial charge in [0.25, 0.3) is 5.91 Å². The van der Waals surface area contributed by atoms with Gasteiger partial charge in [-0.1, -0.05) is 32.0 Å². The number of benzene rings is 1. The smallest absolute Gasteiger partial charge is 0.308 e. The van der Waals surface area contributed by atoms with Gasteiger partial charge in [0.05, 0.1) is 11.8 Å². The summed E-state index contributed by atoms with van der Waals surface area (Å²) in [6.45, 7) is 3.96. The lowest BCUT2D eigenvalue weighted by atomic mass is 9.79. The van der Waals surface area contributed by atoms with Gasteiger partial charge < -0.3 is 20.3 Å². The molecule has 1 aromatic carbocycles. The summed E-state index contributed by atoms with van der Waals surface area (Å²) in [6.07, 6.45) is 3.05. The summed E-state index contributed by atoms with van der Waals surface area (Å²) in [6, 6.07) is 9.43. The second-order valence-corrected chi connectivity index (χ2v) is 9.28. The molecule has 1 aromatic heterocycles. The van der Waals surface area contributed by atoms with Gasteiger partial charge in [-0.2, -0.15) is 0 Å². The zero-order chi connectivity index (χ0) is 23.7. The van der Waals surface area contributed by atoms with Crippen LogP contribution in [0.25, 0.3) is 0 Å². The first kappa shape index (κ1) is 22.8. The molecule has 0 spiro atoms. The fraction of sp³-hybridized carbons (Fsp3) is 0.440. The first-order valence-electron chi connectivity index (χ1n) is 11.4. The predicted octanol–water partition coefficient (Wildman–Crippen LogP) is 2.13. The molecule has 174 valence electrons. The highest BCUT2D eigenvalue weighted by Crippen LogP contribution is 2.38. The second kappa shape index (κ2) is 9.21. The van der Waals surface area contributed by atoms with Crippen LogP contribution in [0.1, 0.15) is 54.2 Å². The van der Waals surface area contributed by atoms with Crippen molar-refractivity contribution in [3.05, 3.63) is 59.4 Å². The van der Waals surface area contributed by atoms with Crippen molar-refractivity contribution in [2.75, 3.05) is 0 Å². The number of hydrogen-bond donors (Lipinski definition) is 3. The standard InChI is InChI=1S/C25H29N3O5/c1-14(2)21(27-23(30)16-6-4-3-5-7-16)24(31)26-18-9-8-15-10-11-28-13-17(25(32)33)12-19(29)20(18)22(15)28/h3-7,10-11,14,17-18,20-21H,8-9,12-13H2,1-2H3,(H,26,31)(H,27,30)(H,32,33)/t17-,18-,20?,21?/m0/s1. The van der Waals surface area contributed by atoms with Crippen LogP contribution in [0.15, 0.2) is 42.6 Å². The van der Waals surface area contributed by atoms with E-state index in [4.69, 9.17) is 0 Å². The van der Waals surface area contributed by atoms with Crippen molar-refractivity contribution >= 4 is 23.6 Å². The van der Waals surface area contributed by atoms with Crippen LogP contribution in [-0.4, -0.2) is 45.3 Å². The molecule has 0 radical (unpaired) electrons. The van der Waals surface area contributed by atoms with E-state index >= 15 is 0 Å². The van der Waals surface area contributed by atoms with Crippen molar-refractivity contribution in [2.24, 2.45) is 11.8 Å². The number of ketones is 1. The number of aryl methyl sites for hydroxylation is 1. The zero-order valence-electron chi connectivity index (χ0n) is 18.8. The molecule has 0 saturated heterocycles. The summed E-state index contributed by atoms with van der Waals surface area (Å²) in [5.74, 6) is -3.37. The number of Topliss-reactive ketones (excluding diaryl/α,β-unsaturated/α-hetero) is 1. The monoisotopic (exact) mass is 451 g/mol. The van der Waals surface area contributed by atoms with Crippen molar-refractivity contribution in [1.82, 2.24) is 15.2 Å². The summed E-state index contributed by atoms with van der Waals surface area (Å²) in [7, 11) is 0. The van der Waals surface area contributed by atoms with Crippen LogP contribution >= 0.6 is 0 Å². The van der Waals surface area contributed by atoms with E-state index in [1.54, 1.807) is 24.3 Å². The van der Waals surface area contributed by atoms with Gasteiger partial charge >= 0.3 is 5.97 Å². The highest BCUT2D eigenvalue weighted by Gasteiger charge is 2.42. The number of carbonyl (C=O) groups is 4. The summed E-state index contributed by atoms with van der Waals surface area (Å²) < 4.78 is 1.86. The normalized spacial score (nSPS) is 22.8. The molecule has 1 aliphatic heterocycles. The van der Waals surface area contributed by atoms with Crippen molar-refractivity contribution in [3.8, 4) is 0 Å². The minimum atomic E-state index is -0.992. The molecule has 4 atom stereocenters. The number of rotatable bonds is 6. The molecule has 0 saturated carbocycles. The maximum atomic E-state index is 13.3. The Morgan fingerprint density at radius 2 is 1.85 bits per heavy atom. The molecular formula is C25H29N3O5. The first-order valence-corrected chi connectivity index (χ1v) is 11.4. The Bertz CT molecular complexity index is 1070. The van der Waals surface area contributed by atoms with E-state index in [-0.39, 0.29) is 36.5 Å². The Morgan fingerprint density at radius 1 is 1.12 bits per heavy atom. The molecule has 2 heterocycles. The zero-order valence-corrected chi connectivity index (χ0v) is 18.8. The Hall–Kier alpha value is -3.42. The first-order chi connectivity index (χ1) is 15.8. The van der Waals surface area contributed by atoms with Crippen molar-refractivity contribution in [2.45, 2.75) is 57.7 Å². The summed E-state index contributed by atoms with van der Waals surface area (Å²) in [5, 5.41) is 15.4. The third-order valence-corrected chi connectivity index (χ3v) is 6.68. The number of carboxylic acids is 1. The molecular weight excluding hydrogens is 422 g/mol. The summed E-state index contributed by atoms with van der Waals surface area (Å²) in [4.78, 5) is 50.7. The van der Waals surface area contributed by atoms with Crippen LogP contribution in [0.5, 0.6) is 0 Å². The molecule has 2 aromatic rings. The lowest BCUT2D eigenvalue weighted by Crippen LogP contribution is -2.54. The fourth-order valence-corrected chi connectivity index (χ4v) is 4.94. The number of carbonyl (C=O) groups excluding carboxylic acids is 3. The van der Waals surface area contributed by atoms with E-state index in [1.165, 1.54) is 0 Å². The largest absolute Gasteiger partial charge is 0.481 e. The molecule has 4 rings (SSSR count).